The average Bonchev–Trinajstić information content (AvgIpc) is 2.79. The standard InChI is InChI=1S/C23H41ClFN7O/c1-3-4-5-17-7-6-16(25)12-29-15(2)20(22(26)30-17)23(33)31-19-14-28-13-18(24)21(19)32-10-8-27-9-11-32/h7,12,15,18-22,27-30H,3-6,8-11,13-14,26H2,1-2H3,(H,31,33)/b16-12+,17-7-. The van der Waals surface area contributed by atoms with Crippen LogP contribution in [0, 0.1) is 5.92 Å². The van der Waals surface area contributed by atoms with Gasteiger partial charge < -0.3 is 32.3 Å². The number of nitrogens with two attached hydrogens (primary N) is 1. The van der Waals surface area contributed by atoms with Crippen LogP contribution in [0.3, 0.4) is 0 Å². The summed E-state index contributed by atoms with van der Waals surface area (Å²) in [4.78, 5) is 16.0. The number of rotatable bonds is 6. The molecule has 1 amide bonds. The molecule has 0 spiro atoms. The normalized spacial score (nSPS) is 37.5. The molecule has 3 aliphatic rings. The molecule has 3 aliphatic heterocycles. The van der Waals surface area contributed by atoms with Gasteiger partial charge in [0.05, 0.1) is 23.5 Å². The predicted octanol–water partition coefficient (Wildman–Crippen LogP) is 0.713. The van der Waals surface area contributed by atoms with Gasteiger partial charge in [0.1, 0.15) is 5.83 Å². The van der Waals surface area contributed by atoms with Crippen LogP contribution in [-0.2, 0) is 4.79 Å². The Morgan fingerprint density at radius 2 is 2.06 bits per heavy atom. The second-order valence-electron chi connectivity index (χ2n) is 9.35. The van der Waals surface area contributed by atoms with E-state index in [9.17, 15) is 9.18 Å². The van der Waals surface area contributed by atoms with Crippen molar-refractivity contribution in [1.29, 1.82) is 0 Å². The number of carbonyl (C=O) groups is 1. The summed E-state index contributed by atoms with van der Waals surface area (Å²) in [6.45, 7) is 8.97. The van der Waals surface area contributed by atoms with Crippen molar-refractivity contribution >= 4 is 17.5 Å². The first-order valence-corrected chi connectivity index (χ1v) is 12.8. The topological polar surface area (TPSA) is 106 Å². The molecule has 0 aromatic rings. The van der Waals surface area contributed by atoms with Crippen LogP contribution in [0.4, 0.5) is 4.39 Å². The van der Waals surface area contributed by atoms with Crippen molar-refractivity contribution < 1.29 is 9.18 Å². The van der Waals surface area contributed by atoms with Gasteiger partial charge in [0, 0.05) is 69.7 Å². The molecule has 0 aromatic carbocycles. The number of amides is 1. The molecule has 0 saturated carbocycles. The summed E-state index contributed by atoms with van der Waals surface area (Å²) in [6, 6.07) is -0.447. The molecule has 0 bridgehead atoms. The molecule has 6 unspecified atom stereocenters. The third-order valence-corrected chi connectivity index (χ3v) is 7.23. The Hall–Kier alpha value is -1.39. The maximum atomic E-state index is 14.3. The summed E-state index contributed by atoms with van der Waals surface area (Å²) in [5, 5.41) is 16.2. The molecule has 10 heteroatoms. The van der Waals surface area contributed by atoms with E-state index in [0.29, 0.717) is 13.1 Å². The van der Waals surface area contributed by atoms with Crippen LogP contribution in [0.2, 0.25) is 0 Å². The number of allylic oxidation sites excluding steroid dienone is 3. The number of alkyl halides is 1. The Balaban J connectivity index is 1.75. The van der Waals surface area contributed by atoms with Crippen LogP contribution < -0.4 is 32.3 Å². The number of hydrogen-bond acceptors (Lipinski definition) is 7. The lowest BCUT2D eigenvalue weighted by atomic mass is 9.93. The van der Waals surface area contributed by atoms with Gasteiger partial charge >= 0.3 is 0 Å². The van der Waals surface area contributed by atoms with Crippen molar-refractivity contribution in [1.82, 2.24) is 31.5 Å². The van der Waals surface area contributed by atoms with Crippen LogP contribution in [0.25, 0.3) is 0 Å². The number of piperazine rings is 1. The Kier molecular flexibility index (Phi) is 10.2. The first-order chi connectivity index (χ1) is 15.9. The second kappa shape index (κ2) is 12.9. The fraction of sp³-hybridized carbons (Fsp3) is 0.783. The number of nitrogens with zero attached hydrogens (tertiary/aromatic N) is 1. The summed E-state index contributed by atoms with van der Waals surface area (Å²) < 4.78 is 14.3. The molecule has 8 nitrogen and oxygen atoms in total. The third-order valence-electron chi connectivity index (χ3n) is 6.81. The molecule has 0 aromatic heterocycles. The van der Waals surface area contributed by atoms with Crippen molar-refractivity contribution in [3.8, 4) is 0 Å². The third kappa shape index (κ3) is 7.29. The highest BCUT2D eigenvalue weighted by Gasteiger charge is 2.40. The number of piperidine rings is 1. The largest absolute Gasteiger partial charge is 0.385 e. The minimum atomic E-state index is -0.605. The van der Waals surface area contributed by atoms with E-state index in [4.69, 9.17) is 17.3 Å². The van der Waals surface area contributed by atoms with Crippen LogP contribution in [0.5, 0.6) is 0 Å². The lowest BCUT2D eigenvalue weighted by molar-refractivity contribution is -0.128. The average molecular weight is 486 g/mol. The van der Waals surface area contributed by atoms with Crippen LogP contribution in [0.15, 0.2) is 23.8 Å². The van der Waals surface area contributed by atoms with Gasteiger partial charge in [0.15, 0.2) is 0 Å². The fourth-order valence-electron chi connectivity index (χ4n) is 4.96. The monoisotopic (exact) mass is 485 g/mol. The second-order valence-corrected chi connectivity index (χ2v) is 9.91. The smallest absolute Gasteiger partial charge is 0.228 e. The minimum absolute atomic E-state index is 0.0447. The molecule has 33 heavy (non-hydrogen) atoms. The zero-order valence-corrected chi connectivity index (χ0v) is 20.6. The number of unbranched alkanes of at least 4 members (excludes halogenated alkanes) is 1. The summed E-state index contributed by atoms with van der Waals surface area (Å²) in [5.41, 5.74) is 7.43. The molecular formula is C23H41ClFN7O. The highest BCUT2D eigenvalue weighted by Crippen LogP contribution is 2.21. The van der Waals surface area contributed by atoms with Crippen molar-refractivity contribution in [2.24, 2.45) is 11.7 Å². The van der Waals surface area contributed by atoms with E-state index in [1.807, 2.05) is 13.0 Å². The highest BCUT2D eigenvalue weighted by atomic mass is 35.5. The van der Waals surface area contributed by atoms with E-state index in [0.717, 1.165) is 51.1 Å². The molecular weight excluding hydrogens is 445 g/mol. The zero-order chi connectivity index (χ0) is 23.8. The SMILES string of the molecule is CCCC/C1=C/C/C(F)=C\NC(C)C(C(=O)NC2CNCC(Cl)C2N2CCNCC2)C(N)N1. The lowest BCUT2D eigenvalue weighted by Gasteiger charge is -2.45. The molecule has 3 rings (SSSR count). The van der Waals surface area contributed by atoms with E-state index >= 15 is 0 Å². The van der Waals surface area contributed by atoms with E-state index in [1.54, 1.807) is 0 Å². The Morgan fingerprint density at radius 3 is 2.79 bits per heavy atom. The van der Waals surface area contributed by atoms with E-state index < -0.39 is 12.1 Å². The number of carbonyl (C=O) groups excluding carboxylic acids is 1. The lowest BCUT2D eigenvalue weighted by Crippen LogP contribution is -2.68. The van der Waals surface area contributed by atoms with Gasteiger partial charge in [-0.05, 0) is 19.8 Å². The van der Waals surface area contributed by atoms with Gasteiger partial charge in [-0.3, -0.25) is 9.69 Å². The Labute approximate surface area is 202 Å². The highest BCUT2D eigenvalue weighted by molar-refractivity contribution is 6.21. The molecule has 3 heterocycles. The molecule has 2 fully saturated rings. The molecule has 7 N–H and O–H groups in total. The summed E-state index contributed by atoms with van der Waals surface area (Å²) in [5.74, 6) is -1.03. The van der Waals surface area contributed by atoms with Crippen LogP contribution in [-0.4, -0.2) is 79.7 Å². The van der Waals surface area contributed by atoms with Crippen molar-refractivity contribution in [2.75, 3.05) is 39.3 Å². The van der Waals surface area contributed by atoms with Gasteiger partial charge in [-0.25, -0.2) is 4.39 Å². The molecule has 6 atom stereocenters. The van der Waals surface area contributed by atoms with Crippen LogP contribution in [0.1, 0.15) is 39.5 Å². The van der Waals surface area contributed by atoms with Crippen molar-refractivity contribution in [3.63, 3.8) is 0 Å². The summed E-state index contributed by atoms with van der Waals surface area (Å²) in [7, 11) is 0. The molecule has 188 valence electrons. The Morgan fingerprint density at radius 1 is 1.30 bits per heavy atom. The molecule has 2 saturated heterocycles. The van der Waals surface area contributed by atoms with Gasteiger partial charge in [0.2, 0.25) is 5.91 Å². The van der Waals surface area contributed by atoms with Gasteiger partial charge in [-0.15, -0.1) is 11.6 Å². The van der Waals surface area contributed by atoms with Crippen molar-refractivity contribution in [3.05, 3.63) is 23.8 Å². The minimum Gasteiger partial charge on any atom is -0.385 e. The van der Waals surface area contributed by atoms with E-state index in [-0.39, 0.29) is 41.7 Å². The van der Waals surface area contributed by atoms with Gasteiger partial charge in [-0.2, -0.15) is 0 Å². The fourth-order valence-corrected chi connectivity index (χ4v) is 5.40. The van der Waals surface area contributed by atoms with Gasteiger partial charge in [-0.1, -0.05) is 19.4 Å². The first kappa shape index (κ1) is 26.2. The molecule has 0 aliphatic carbocycles. The van der Waals surface area contributed by atoms with E-state index in [1.165, 1.54) is 6.20 Å². The molecule has 0 radical (unpaired) electrons. The van der Waals surface area contributed by atoms with Crippen molar-refractivity contribution in [2.45, 2.75) is 69.2 Å². The maximum Gasteiger partial charge on any atom is 0.228 e. The summed E-state index contributed by atoms with van der Waals surface area (Å²) in [6.07, 6.45) is 5.56. The number of halogens is 2. The predicted molar refractivity (Wildman–Crippen MR) is 131 cm³/mol. The maximum absolute atomic E-state index is 14.3. The number of hydrogen-bond donors (Lipinski definition) is 6. The Bertz CT molecular complexity index is 700. The quantitative estimate of drug-likeness (QED) is 0.308. The number of nitrogens with one attached hydrogen (secondary N) is 5. The van der Waals surface area contributed by atoms with Crippen LogP contribution >= 0.6 is 11.6 Å². The van der Waals surface area contributed by atoms with Gasteiger partial charge in [0.25, 0.3) is 0 Å². The summed E-state index contributed by atoms with van der Waals surface area (Å²) >= 11 is 6.73. The first-order valence-electron chi connectivity index (χ1n) is 12.3. The van der Waals surface area contributed by atoms with E-state index in [2.05, 4.69) is 38.4 Å². The zero-order valence-electron chi connectivity index (χ0n) is 19.9.